The van der Waals surface area contributed by atoms with Gasteiger partial charge in [0.05, 0.1) is 0 Å². The molecule has 4 nitrogen and oxygen atoms in total. The Labute approximate surface area is 96.6 Å². The normalized spacial score (nSPS) is 11.2. The first-order valence-corrected chi connectivity index (χ1v) is 5.59. The van der Waals surface area contributed by atoms with Gasteiger partial charge in [0, 0.05) is 16.5 Å². The molecule has 1 rings (SSSR count). The maximum Gasteiger partial charge on any atom is 0.371 e. The number of ketones is 1. The molecule has 0 aliphatic rings. The lowest BCUT2D eigenvalue weighted by atomic mass is 10.1. The number of allylic oxidation sites excluding steroid dienone is 1. The van der Waals surface area contributed by atoms with Gasteiger partial charge in [-0.3, -0.25) is 4.79 Å². The standard InChI is InChI=1S/C11H10O4S/c1-16-8-4-2-7(3-5-8)9(12)6-10(13)11(14)15/h2-6,13H,1H3,(H,14,15)/b10-6-. The second-order valence-electron chi connectivity index (χ2n) is 2.93. The van der Waals surface area contributed by atoms with Gasteiger partial charge in [0.15, 0.2) is 5.78 Å². The van der Waals surface area contributed by atoms with Crippen LogP contribution in [-0.2, 0) is 4.79 Å². The number of aliphatic hydroxyl groups excluding tert-OH is 1. The van der Waals surface area contributed by atoms with Gasteiger partial charge < -0.3 is 10.2 Å². The summed E-state index contributed by atoms with van der Waals surface area (Å²) in [5, 5.41) is 17.3. The minimum Gasteiger partial charge on any atom is -0.502 e. The van der Waals surface area contributed by atoms with E-state index in [9.17, 15) is 9.59 Å². The molecule has 0 saturated carbocycles. The van der Waals surface area contributed by atoms with Crippen molar-refractivity contribution >= 4 is 23.5 Å². The smallest absolute Gasteiger partial charge is 0.371 e. The number of aliphatic hydroxyl groups is 1. The average molecular weight is 238 g/mol. The van der Waals surface area contributed by atoms with Gasteiger partial charge in [-0.1, -0.05) is 0 Å². The van der Waals surface area contributed by atoms with E-state index in [1.807, 2.05) is 6.26 Å². The predicted octanol–water partition coefficient (Wildman–Crippen LogP) is 2.12. The average Bonchev–Trinajstić information content (AvgIpc) is 2.28. The number of thioether (sulfide) groups is 1. The molecular formula is C11H10O4S. The van der Waals surface area contributed by atoms with Crippen LogP contribution in [-0.4, -0.2) is 28.2 Å². The molecule has 0 fully saturated rings. The van der Waals surface area contributed by atoms with Crippen molar-refractivity contribution in [2.75, 3.05) is 6.26 Å². The molecular weight excluding hydrogens is 228 g/mol. The fourth-order valence-corrected chi connectivity index (χ4v) is 1.43. The van der Waals surface area contributed by atoms with Crippen molar-refractivity contribution in [1.82, 2.24) is 0 Å². The topological polar surface area (TPSA) is 74.6 Å². The van der Waals surface area contributed by atoms with Gasteiger partial charge in [-0.25, -0.2) is 4.79 Å². The van der Waals surface area contributed by atoms with Crippen molar-refractivity contribution in [2.24, 2.45) is 0 Å². The summed E-state index contributed by atoms with van der Waals surface area (Å²) in [4.78, 5) is 22.7. The second kappa shape index (κ2) is 5.37. The molecule has 0 radical (unpaired) electrons. The van der Waals surface area contributed by atoms with Crippen LogP contribution in [0.5, 0.6) is 0 Å². The highest BCUT2D eigenvalue weighted by atomic mass is 32.2. The van der Waals surface area contributed by atoms with Crippen LogP contribution >= 0.6 is 11.8 Å². The maximum atomic E-state index is 11.5. The molecule has 0 heterocycles. The van der Waals surface area contributed by atoms with E-state index < -0.39 is 17.5 Å². The summed E-state index contributed by atoms with van der Waals surface area (Å²) in [5.74, 6) is -3.01. The van der Waals surface area contributed by atoms with Crippen LogP contribution in [0.3, 0.4) is 0 Å². The third-order valence-corrected chi connectivity index (χ3v) is 2.61. The highest BCUT2D eigenvalue weighted by Gasteiger charge is 2.09. The van der Waals surface area contributed by atoms with Gasteiger partial charge in [0.1, 0.15) is 0 Å². The van der Waals surface area contributed by atoms with Crippen molar-refractivity contribution in [1.29, 1.82) is 0 Å². The zero-order chi connectivity index (χ0) is 12.1. The number of aliphatic carboxylic acids is 1. The first-order valence-electron chi connectivity index (χ1n) is 4.37. The fraction of sp³-hybridized carbons (Fsp3) is 0.0909. The summed E-state index contributed by atoms with van der Waals surface area (Å²) in [5.41, 5.74) is 0.339. The number of carbonyl (C=O) groups is 2. The number of carbonyl (C=O) groups excluding carboxylic acids is 1. The van der Waals surface area contributed by atoms with Gasteiger partial charge in [-0.05, 0) is 30.5 Å². The highest BCUT2D eigenvalue weighted by Crippen LogP contribution is 2.15. The van der Waals surface area contributed by atoms with E-state index in [0.717, 1.165) is 4.90 Å². The van der Waals surface area contributed by atoms with Crippen LogP contribution in [0.1, 0.15) is 10.4 Å². The number of benzene rings is 1. The number of hydrogen-bond donors (Lipinski definition) is 2. The molecule has 0 bridgehead atoms. The number of rotatable bonds is 4. The molecule has 0 atom stereocenters. The summed E-state index contributed by atoms with van der Waals surface area (Å²) >= 11 is 1.54. The Morgan fingerprint density at radius 2 is 1.75 bits per heavy atom. The van der Waals surface area contributed by atoms with Crippen LogP contribution in [0.4, 0.5) is 0 Å². The lowest BCUT2D eigenvalue weighted by molar-refractivity contribution is -0.135. The highest BCUT2D eigenvalue weighted by molar-refractivity contribution is 7.98. The van der Waals surface area contributed by atoms with Gasteiger partial charge in [0.2, 0.25) is 5.76 Å². The number of carboxylic acids is 1. The first-order chi connectivity index (χ1) is 7.54. The molecule has 1 aromatic rings. The van der Waals surface area contributed by atoms with E-state index in [1.54, 1.807) is 24.3 Å². The lowest BCUT2D eigenvalue weighted by Gasteiger charge is -1.98. The summed E-state index contributed by atoms with van der Waals surface area (Å²) in [6.45, 7) is 0. The molecule has 16 heavy (non-hydrogen) atoms. The van der Waals surface area contributed by atoms with Gasteiger partial charge in [-0.2, -0.15) is 0 Å². The lowest BCUT2D eigenvalue weighted by Crippen LogP contribution is -2.03. The minimum atomic E-state index is -1.52. The Balaban J connectivity index is 2.89. The first kappa shape index (κ1) is 12.3. The molecule has 1 aromatic carbocycles. The van der Waals surface area contributed by atoms with Crippen molar-refractivity contribution in [3.05, 3.63) is 41.7 Å². The van der Waals surface area contributed by atoms with E-state index in [1.165, 1.54) is 11.8 Å². The van der Waals surface area contributed by atoms with Crippen LogP contribution in [0.25, 0.3) is 0 Å². The van der Waals surface area contributed by atoms with Crippen molar-refractivity contribution < 1.29 is 19.8 Å². The molecule has 0 unspecified atom stereocenters. The van der Waals surface area contributed by atoms with Crippen LogP contribution < -0.4 is 0 Å². The van der Waals surface area contributed by atoms with E-state index in [-0.39, 0.29) is 0 Å². The molecule has 5 heteroatoms. The molecule has 2 N–H and O–H groups in total. The third kappa shape index (κ3) is 3.13. The zero-order valence-electron chi connectivity index (χ0n) is 8.51. The SMILES string of the molecule is CSc1ccc(C(=O)/C=C(\O)C(=O)O)cc1. The van der Waals surface area contributed by atoms with Crippen LogP contribution in [0.2, 0.25) is 0 Å². The largest absolute Gasteiger partial charge is 0.502 e. The third-order valence-electron chi connectivity index (χ3n) is 1.86. The molecule has 0 saturated heterocycles. The molecule has 0 amide bonds. The summed E-state index contributed by atoms with van der Waals surface area (Å²) in [6, 6.07) is 6.67. The Kier molecular flexibility index (Phi) is 4.13. The quantitative estimate of drug-likeness (QED) is 0.364. The van der Waals surface area contributed by atoms with Crippen LogP contribution in [0, 0.1) is 0 Å². The fourth-order valence-electron chi connectivity index (χ4n) is 1.02. The van der Waals surface area contributed by atoms with Gasteiger partial charge in [0.25, 0.3) is 0 Å². The van der Waals surface area contributed by atoms with Gasteiger partial charge >= 0.3 is 5.97 Å². The van der Waals surface area contributed by atoms with Crippen molar-refractivity contribution in [3.63, 3.8) is 0 Å². The Morgan fingerprint density at radius 3 is 2.19 bits per heavy atom. The van der Waals surface area contributed by atoms with Crippen LogP contribution in [0.15, 0.2) is 41.0 Å². The summed E-state index contributed by atoms with van der Waals surface area (Å²) in [6.07, 6.45) is 2.60. The Hall–Kier alpha value is -1.75. The molecule has 0 spiro atoms. The van der Waals surface area contributed by atoms with Crippen molar-refractivity contribution in [2.45, 2.75) is 4.90 Å². The molecule has 84 valence electrons. The maximum absolute atomic E-state index is 11.5. The predicted molar refractivity (Wildman–Crippen MR) is 60.9 cm³/mol. The molecule has 0 aliphatic carbocycles. The summed E-state index contributed by atoms with van der Waals surface area (Å²) < 4.78 is 0. The van der Waals surface area contributed by atoms with E-state index in [0.29, 0.717) is 11.6 Å². The van der Waals surface area contributed by atoms with E-state index in [4.69, 9.17) is 10.2 Å². The summed E-state index contributed by atoms with van der Waals surface area (Å²) in [7, 11) is 0. The zero-order valence-corrected chi connectivity index (χ0v) is 9.32. The van der Waals surface area contributed by atoms with Gasteiger partial charge in [-0.15, -0.1) is 11.8 Å². The Bertz CT molecular complexity index is 434. The number of carboxylic acid groups (broad SMARTS) is 1. The minimum absolute atomic E-state index is 0.339. The second-order valence-corrected chi connectivity index (χ2v) is 3.81. The van der Waals surface area contributed by atoms with E-state index in [2.05, 4.69) is 0 Å². The van der Waals surface area contributed by atoms with E-state index >= 15 is 0 Å². The monoisotopic (exact) mass is 238 g/mol. The molecule has 0 aliphatic heterocycles. The number of hydrogen-bond acceptors (Lipinski definition) is 4. The van der Waals surface area contributed by atoms with Crippen molar-refractivity contribution in [3.8, 4) is 0 Å². The Morgan fingerprint density at radius 1 is 1.19 bits per heavy atom. The molecule has 0 aromatic heterocycles.